The Hall–Kier alpha value is -6.33. The van der Waals surface area contributed by atoms with Crippen LogP contribution in [-0.4, -0.2) is 77.7 Å². The van der Waals surface area contributed by atoms with Crippen LogP contribution in [0.1, 0.15) is 168 Å². The average molecular weight is 1510 g/mol. The second-order valence-electron chi connectivity index (χ2n) is 16.6. The molecule has 0 saturated carbocycles. The molecule has 17 nitrogen and oxygen atoms in total. The minimum Gasteiger partial charge on any atom is -0.545 e. The van der Waals surface area contributed by atoms with Crippen molar-refractivity contribution in [3.63, 3.8) is 0 Å². The predicted molar refractivity (Wildman–Crippen MR) is 393 cm³/mol. The molecule has 5 N–H and O–H groups in total. The molecular weight excluding hydrogens is 1400 g/mol. The van der Waals surface area contributed by atoms with E-state index in [1.165, 1.54) is 37.7 Å². The fraction of sp³-hybridized carbons (Fsp3) is 0.324. The van der Waals surface area contributed by atoms with Gasteiger partial charge in [0.05, 0.1) is 44.9 Å². The Bertz CT molecular complexity index is 3720. The summed E-state index contributed by atoms with van der Waals surface area (Å²) in [7, 11) is 11.0. The van der Waals surface area contributed by atoms with E-state index in [0.717, 1.165) is 56.7 Å². The molecular formula is C74H110N14O3Y3-6. The largest absolute Gasteiger partial charge is 0.545 e. The molecule has 12 aromatic rings. The van der Waals surface area contributed by atoms with Gasteiger partial charge in [-0.2, -0.15) is 50.3 Å². The van der Waals surface area contributed by atoms with Crippen LogP contribution in [0.4, 0.5) is 0 Å². The summed E-state index contributed by atoms with van der Waals surface area (Å²) in [5.41, 5.74) is 21.9. The molecule has 0 unspecified atom stereocenters. The Kier molecular flexibility index (Phi) is 66.3. The standard InChI is InChI=1S/C10H11N3O.C10H12N2.C9H8N3O.2C9H9N2.C8H8N2.7C2H6.2C2H5.CHO.3Y/c1-2-13-6-7-4-3-5-8(10(11)14)9(7)12-13;1-3-12-7-9-6-4-5-8(2)10(9)11-12;1-12-5-6-3-2-4-7(9(10)13)8(6)11-12;2*1-7-4-3-5-8-6-11(2)10-9(7)8;1-6-3-2-4-7-5-9-10-8(6)7;10*1-2;;;/h3-6H,2H2,1H3,(H2,11,14);4-7H,3H2,1-2H3;2-5H,1H2,(H2,10,13);2*3-6H,2H2,1H3;2-5H,1H3,(H,9,10);7*1-2H3;2*1H2,2H3;1H;;;/q;;3*-1;;;;;;;;;3*-1;;;. The molecule has 6 aromatic heterocycles. The van der Waals surface area contributed by atoms with Crippen LogP contribution in [0, 0.1) is 62.7 Å². The van der Waals surface area contributed by atoms with Crippen molar-refractivity contribution < 1.29 is 113 Å². The van der Waals surface area contributed by atoms with Gasteiger partial charge in [0, 0.05) is 140 Å². The quantitative estimate of drug-likeness (QED) is 0.112. The van der Waals surface area contributed by atoms with Gasteiger partial charge in [0.1, 0.15) is 5.52 Å². The maximum absolute atomic E-state index is 11.1. The Balaban J connectivity index is -0.000000182. The van der Waals surface area contributed by atoms with E-state index in [2.05, 4.69) is 155 Å². The molecule has 6 heterocycles. The maximum atomic E-state index is 11.1. The summed E-state index contributed by atoms with van der Waals surface area (Å²) in [4.78, 5) is 29.8. The molecule has 0 aliphatic carbocycles. The third kappa shape index (κ3) is 33.4. The first-order chi connectivity index (χ1) is 44.1. The number of hydrogen-bond donors (Lipinski definition) is 3. The molecule has 0 aliphatic rings. The zero-order chi connectivity index (χ0) is 70.8. The van der Waals surface area contributed by atoms with Gasteiger partial charge in [0.25, 0.3) is 11.8 Å². The van der Waals surface area contributed by atoms with Crippen LogP contribution in [0.15, 0.2) is 146 Å². The second-order valence-corrected chi connectivity index (χ2v) is 16.6. The van der Waals surface area contributed by atoms with Crippen LogP contribution >= 0.6 is 0 Å². The van der Waals surface area contributed by atoms with Crippen LogP contribution in [0.2, 0.25) is 0 Å². The smallest absolute Gasteiger partial charge is 0.250 e. The molecule has 2 amide bonds. The minimum atomic E-state index is -0.468. The van der Waals surface area contributed by atoms with Crippen LogP contribution < -0.4 is 11.5 Å². The van der Waals surface area contributed by atoms with Gasteiger partial charge < -0.3 is 44.2 Å². The molecule has 0 spiro atoms. The van der Waals surface area contributed by atoms with Crippen molar-refractivity contribution in [2.24, 2.45) is 11.5 Å². The van der Waals surface area contributed by atoms with Crippen LogP contribution in [-0.2, 0) is 116 Å². The Morgan fingerprint density at radius 2 is 0.638 bits per heavy atom. The molecule has 0 atom stereocenters. The summed E-state index contributed by atoms with van der Waals surface area (Å²) < 4.78 is 8.36. The van der Waals surface area contributed by atoms with Gasteiger partial charge in [-0.05, 0) is 75.9 Å². The minimum absolute atomic E-state index is 0. The van der Waals surface area contributed by atoms with Gasteiger partial charge in [0.2, 0.25) is 0 Å². The van der Waals surface area contributed by atoms with Crippen molar-refractivity contribution in [2.45, 2.75) is 165 Å². The Labute approximate surface area is 640 Å². The van der Waals surface area contributed by atoms with Crippen molar-refractivity contribution in [1.29, 1.82) is 0 Å². The van der Waals surface area contributed by atoms with E-state index in [0.29, 0.717) is 22.2 Å². The van der Waals surface area contributed by atoms with Gasteiger partial charge in [-0.15, -0.1) is 18.6 Å². The van der Waals surface area contributed by atoms with E-state index >= 15 is 0 Å². The molecule has 0 saturated heterocycles. The monoisotopic (exact) mass is 1510 g/mol. The van der Waals surface area contributed by atoms with Gasteiger partial charge in [-0.25, -0.2) is 15.3 Å². The normalized spacial score (nSPS) is 8.64. The number of nitrogens with two attached hydrogens (primary N) is 2. The molecule has 509 valence electrons. The van der Waals surface area contributed by atoms with Gasteiger partial charge in [-0.3, -0.25) is 30.8 Å². The number of aromatic amines is 1. The zero-order valence-electron chi connectivity index (χ0n) is 60.9. The number of amides is 2. The third-order valence-electron chi connectivity index (χ3n) is 11.4. The van der Waals surface area contributed by atoms with Gasteiger partial charge >= 0.3 is 0 Å². The van der Waals surface area contributed by atoms with E-state index in [1.807, 2.05) is 188 Å². The second kappa shape index (κ2) is 61.5. The number of benzene rings is 6. The molecule has 0 fully saturated rings. The van der Waals surface area contributed by atoms with E-state index < -0.39 is 11.8 Å². The summed E-state index contributed by atoms with van der Waals surface area (Å²) in [5, 5.41) is 34.6. The molecule has 3 radical (unpaired) electrons. The number of para-hydroxylation sites is 1. The Morgan fingerprint density at radius 3 is 0.936 bits per heavy atom. The number of aryl methyl sites for hydroxylation is 6. The topological polar surface area (TPSA) is 221 Å². The van der Waals surface area contributed by atoms with Crippen LogP contribution in [0.25, 0.3) is 65.4 Å². The first kappa shape index (κ1) is 101. The zero-order valence-corrected chi connectivity index (χ0v) is 69.4. The third-order valence-corrected chi connectivity index (χ3v) is 11.4. The molecule has 6 aromatic carbocycles. The SMILES string of the molecule is CC.CC.CC.CC.CC.CC.CC.CCn1cc2cccc(C(N)=O)c2n1.CCn1cc2cccc(C)c2n1.Cc1cccc2cn[nH]c12.[CH-]=O.[CH2-]C.[CH2-]C.[CH2-]n1cc2cccc(C(N)=O)c2n1.[CH2-]n1cc2cccc(C)c2n1.[CH2-]n1cc2cccc(C)c2n1.[Y].[Y].[Y]. The van der Waals surface area contributed by atoms with Crippen molar-refractivity contribution in [2.75, 3.05) is 0 Å². The number of primary amides is 2. The maximum Gasteiger partial charge on any atom is 0.250 e. The van der Waals surface area contributed by atoms with Crippen molar-refractivity contribution in [3.05, 3.63) is 215 Å². The Morgan fingerprint density at radius 1 is 0.394 bits per heavy atom. The fourth-order valence-corrected chi connectivity index (χ4v) is 7.75. The number of aromatic nitrogens is 12. The summed E-state index contributed by atoms with van der Waals surface area (Å²) in [5.74, 6) is -0.902. The number of carbonyl (C=O) groups is 2. The summed E-state index contributed by atoms with van der Waals surface area (Å²) in [6.07, 6.45) is 11.4. The van der Waals surface area contributed by atoms with E-state index in [1.54, 1.807) is 52.3 Å². The first-order valence-electron chi connectivity index (χ1n) is 31.5. The number of carbonyl (C=O) groups excluding carboxylic acids is 3. The fourth-order valence-electron chi connectivity index (χ4n) is 7.75. The van der Waals surface area contributed by atoms with Gasteiger partial charge in [-0.1, -0.05) is 210 Å². The van der Waals surface area contributed by atoms with E-state index in [-0.39, 0.29) is 98.1 Å². The molecule has 94 heavy (non-hydrogen) atoms. The summed E-state index contributed by atoms with van der Waals surface area (Å²) in [6.45, 7) is 55.3. The van der Waals surface area contributed by atoms with Crippen molar-refractivity contribution in [1.82, 2.24) is 59.1 Å². The number of H-pyrrole nitrogens is 1. The number of rotatable bonds is 4. The van der Waals surface area contributed by atoms with Crippen molar-refractivity contribution >= 4 is 84.0 Å². The molecule has 0 bridgehead atoms. The summed E-state index contributed by atoms with van der Waals surface area (Å²) in [6, 6.07) is 35.3. The first-order valence-corrected chi connectivity index (χ1v) is 31.5. The van der Waals surface area contributed by atoms with Gasteiger partial charge in [0.15, 0.2) is 0 Å². The summed E-state index contributed by atoms with van der Waals surface area (Å²) >= 11 is 0. The predicted octanol–water partition coefficient (Wildman–Crippen LogP) is 18.7. The van der Waals surface area contributed by atoms with Crippen LogP contribution in [0.5, 0.6) is 0 Å². The van der Waals surface area contributed by atoms with E-state index in [4.69, 9.17) is 16.3 Å². The number of nitrogens with one attached hydrogen (secondary N) is 1. The number of nitrogens with zero attached hydrogens (tertiary/aromatic N) is 11. The molecule has 20 heteroatoms. The number of hydrogen-bond acceptors (Lipinski definition) is 9. The number of fused-ring (bicyclic) bond motifs is 6. The average Bonchev–Trinajstić information content (AvgIpc) is 1.69. The van der Waals surface area contributed by atoms with E-state index in [9.17, 15) is 9.59 Å². The van der Waals surface area contributed by atoms with Crippen molar-refractivity contribution in [3.8, 4) is 0 Å². The van der Waals surface area contributed by atoms with Crippen LogP contribution in [0.3, 0.4) is 0 Å². The molecule has 0 aliphatic heterocycles. The molecule has 12 rings (SSSR count).